The van der Waals surface area contributed by atoms with Crippen LogP contribution in [0.4, 0.5) is 0 Å². The van der Waals surface area contributed by atoms with Crippen molar-refractivity contribution in [1.82, 2.24) is 0 Å². The SMILES string of the molecule is CC(C)=CCC[C@@H](C)[C@H]1CC[C@@]2(C)C3=C(CC[C@]12C)[C@@]1(C)CC[C@H](OC(=O)CC(Cl)=C(Cl)Cl)C(C)(C)C1CC3. The normalized spacial score (nSPS) is 37.8. The van der Waals surface area contributed by atoms with Crippen molar-refractivity contribution in [3.8, 4) is 0 Å². The van der Waals surface area contributed by atoms with Gasteiger partial charge in [-0.2, -0.15) is 0 Å². The van der Waals surface area contributed by atoms with Gasteiger partial charge in [0.15, 0.2) is 0 Å². The topological polar surface area (TPSA) is 26.3 Å². The quantitative estimate of drug-likeness (QED) is 0.215. The van der Waals surface area contributed by atoms with E-state index in [9.17, 15) is 4.79 Å². The maximum Gasteiger partial charge on any atom is 0.311 e. The molecule has 0 aromatic rings. The van der Waals surface area contributed by atoms with Crippen molar-refractivity contribution < 1.29 is 9.53 Å². The summed E-state index contributed by atoms with van der Waals surface area (Å²) < 4.78 is 5.99. The molecule has 2 nitrogen and oxygen atoms in total. The highest BCUT2D eigenvalue weighted by molar-refractivity contribution is 6.59. The highest BCUT2D eigenvalue weighted by atomic mass is 35.5. The van der Waals surface area contributed by atoms with Gasteiger partial charge in [0.1, 0.15) is 10.6 Å². The molecule has 7 atom stereocenters. The number of hydrogen-bond donors (Lipinski definition) is 0. The van der Waals surface area contributed by atoms with E-state index in [1.54, 1.807) is 5.57 Å². The van der Waals surface area contributed by atoms with Gasteiger partial charge in [-0.15, -0.1) is 0 Å². The Bertz CT molecular complexity index is 1060. The van der Waals surface area contributed by atoms with Gasteiger partial charge in [-0.1, -0.05) is 99.1 Å². The first kappa shape index (κ1) is 31.5. The van der Waals surface area contributed by atoms with Crippen molar-refractivity contribution in [3.63, 3.8) is 0 Å². The van der Waals surface area contributed by atoms with Crippen LogP contribution in [0.1, 0.15) is 126 Å². The molecule has 2 fully saturated rings. The third-order valence-electron chi connectivity index (χ3n) is 12.4. The Hall–Kier alpha value is -0.440. The van der Waals surface area contributed by atoms with Gasteiger partial charge in [-0.3, -0.25) is 4.79 Å². The smallest absolute Gasteiger partial charge is 0.311 e. The van der Waals surface area contributed by atoms with E-state index in [2.05, 4.69) is 61.5 Å². The van der Waals surface area contributed by atoms with Gasteiger partial charge in [0.25, 0.3) is 0 Å². The Morgan fingerprint density at radius 1 is 0.974 bits per heavy atom. The zero-order valence-corrected chi connectivity index (χ0v) is 27.9. The van der Waals surface area contributed by atoms with Crippen LogP contribution in [-0.4, -0.2) is 12.1 Å². The number of carbonyl (C=O) groups is 1. The predicted molar refractivity (Wildman–Crippen MR) is 166 cm³/mol. The third kappa shape index (κ3) is 5.43. The number of allylic oxidation sites excluding steroid dienone is 4. The fourth-order valence-electron chi connectivity index (χ4n) is 10.1. The first-order chi connectivity index (χ1) is 18.1. The van der Waals surface area contributed by atoms with E-state index in [4.69, 9.17) is 39.5 Å². The third-order valence-corrected chi connectivity index (χ3v) is 13.4. The summed E-state index contributed by atoms with van der Waals surface area (Å²) >= 11 is 17.6. The molecule has 1 unspecified atom stereocenters. The number of esters is 1. The molecule has 0 spiro atoms. The van der Waals surface area contributed by atoms with Crippen LogP contribution < -0.4 is 0 Å². The van der Waals surface area contributed by atoms with Crippen LogP contribution in [0, 0.1) is 39.4 Å². The van der Waals surface area contributed by atoms with E-state index in [0.717, 1.165) is 24.7 Å². The molecule has 0 amide bonds. The zero-order chi connectivity index (χ0) is 29.0. The fourth-order valence-corrected chi connectivity index (χ4v) is 10.3. The van der Waals surface area contributed by atoms with Crippen LogP contribution in [-0.2, 0) is 9.53 Å². The Kier molecular flexibility index (Phi) is 9.15. The number of hydrogen-bond acceptors (Lipinski definition) is 2. The lowest BCUT2D eigenvalue weighted by molar-refractivity contribution is -0.168. The van der Waals surface area contributed by atoms with E-state index < -0.39 is 0 Å². The largest absolute Gasteiger partial charge is 0.462 e. The minimum absolute atomic E-state index is 0.0647. The van der Waals surface area contributed by atoms with Crippen LogP contribution in [0.3, 0.4) is 0 Å². The van der Waals surface area contributed by atoms with E-state index in [1.165, 1.54) is 56.9 Å². The molecule has 2 saturated carbocycles. The lowest BCUT2D eigenvalue weighted by Crippen LogP contribution is -2.55. The van der Waals surface area contributed by atoms with Crippen molar-refractivity contribution in [3.05, 3.63) is 32.3 Å². The summed E-state index contributed by atoms with van der Waals surface area (Å²) in [7, 11) is 0. The second-order valence-corrected chi connectivity index (χ2v) is 16.3. The standard InChI is InChI=1S/C34H51Cl3O2/c1-21(2)10-9-11-22(3)23-14-18-34(8)25-12-13-27-31(4,5)28(39-29(38)20-26(35)30(36)37)16-17-32(27,6)24(25)15-19-33(23,34)7/h10,22-23,27-28H,9,11-20H2,1-8H3/t22-,23-,27?,28+,32-,33-,34+/m1/s1. The molecule has 0 aromatic heterocycles. The number of carbonyl (C=O) groups excluding carboxylic acids is 1. The van der Waals surface area contributed by atoms with Gasteiger partial charge in [0.05, 0.1) is 11.5 Å². The lowest BCUT2D eigenvalue weighted by atomic mass is 9.43. The number of rotatable bonds is 7. The summed E-state index contributed by atoms with van der Waals surface area (Å²) in [4.78, 5) is 12.7. The molecule has 4 rings (SSSR count). The summed E-state index contributed by atoms with van der Waals surface area (Å²) in [6.45, 7) is 19.4. The van der Waals surface area contributed by atoms with Crippen molar-refractivity contribution in [2.24, 2.45) is 39.4 Å². The molecule has 0 aliphatic heterocycles. The van der Waals surface area contributed by atoms with E-state index in [-0.39, 0.29) is 38.8 Å². The number of ether oxygens (including phenoxy) is 1. The molecule has 0 saturated heterocycles. The van der Waals surface area contributed by atoms with Gasteiger partial charge >= 0.3 is 5.97 Å². The Morgan fingerprint density at radius 3 is 2.31 bits per heavy atom. The van der Waals surface area contributed by atoms with Gasteiger partial charge in [-0.25, -0.2) is 0 Å². The predicted octanol–water partition coefficient (Wildman–Crippen LogP) is 11.3. The molecule has 0 bridgehead atoms. The van der Waals surface area contributed by atoms with Crippen LogP contribution in [0.25, 0.3) is 0 Å². The maximum absolute atomic E-state index is 12.7. The molecule has 39 heavy (non-hydrogen) atoms. The second-order valence-electron chi connectivity index (χ2n) is 14.9. The van der Waals surface area contributed by atoms with Crippen LogP contribution >= 0.6 is 34.8 Å². The monoisotopic (exact) mass is 596 g/mol. The molecular formula is C34H51Cl3O2. The Morgan fingerprint density at radius 2 is 1.67 bits per heavy atom. The average molecular weight is 598 g/mol. The van der Waals surface area contributed by atoms with E-state index in [1.807, 2.05) is 5.57 Å². The van der Waals surface area contributed by atoms with E-state index in [0.29, 0.717) is 16.7 Å². The summed E-state index contributed by atoms with van der Waals surface area (Å²) in [6, 6.07) is 0. The van der Waals surface area contributed by atoms with Crippen molar-refractivity contribution in [2.75, 3.05) is 0 Å². The summed E-state index contributed by atoms with van der Waals surface area (Å²) in [5.41, 5.74) is 5.79. The number of fused-ring (bicyclic) bond motifs is 4. The molecule has 0 aromatic carbocycles. The van der Waals surface area contributed by atoms with Gasteiger partial charge in [0, 0.05) is 5.41 Å². The average Bonchev–Trinajstić information content (AvgIpc) is 3.12. The minimum Gasteiger partial charge on any atom is -0.462 e. The van der Waals surface area contributed by atoms with Gasteiger partial charge in [0.2, 0.25) is 0 Å². The molecule has 220 valence electrons. The summed E-state index contributed by atoms with van der Waals surface area (Å²) in [6.07, 6.45) is 14.3. The van der Waals surface area contributed by atoms with Crippen LogP contribution in [0.5, 0.6) is 0 Å². The first-order valence-electron chi connectivity index (χ1n) is 15.3. The molecule has 4 aliphatic carbocycles. The molecule has 5 heteroatoms. The molecule has 4 aliphatic rings. The van der Waals surface area contributed by atoms with Crippen molar-refractivity contribution in [1.29, 1.82) is 0 Å². The van der Waals surface area contributed by atoms with Crippen molar-refractivity contribution in [2.45, 2.75) is 132 Å². The van der Waals surface area contributed by atoms with Crippen LogP contribution in [0.15, 0.2) is 32.3 Å². The Labute approximate surface area is 253 Å². The Balaban J connectivity index is 1.56. The minimum atomic E-state index is -0.340. The first-order valence-corrected chi connectivity index (χ1v) is 16.5. The van der Waals surface area contributed by atoms with Gasteiger partial charge < -0.3 is 4.74 Å². The highest BCUT2D eigenvalue weighted by Gasteiger charge is 2.63. The van der Waals surface area contributed by atoms with Gasteiger partial charge in [-0.05, 0) is 112 Å². The van der Waals surface area contributed by atoms with E-state index >= 15 is 0 Å². The lowest BCUT2D eigenvalue weighted by Gasteiger charge is -2.62. The molecule has 0 radical (unpaired) electrons. The highest BCUT2D eigenvalue weighted by Crippen LogP contribution is 2.72. The summed E-state index contributed by atoms with van der Waals surface area (Å²) in [5, 5.41) is 0.147. The van der Waals surface area contributed by atoms with Crippen LogP contribution in [0.2, 0.25) is 0 Å². The zero-order valence-electron chi connectivity index (χ0n) is 25.6. The fraction of sp³-hybridized carbons (Fsp3) is 0.794. The van der Waals surface area contributed by atoms with Crippen molar-refractivity contribution >= 4 is 40.8 Å². The molecular weight excluding hydrogens is 547 g/mol. The summed E-state index contributed by atoms with van der Waals surface area (Å²) in [5.74, 6) is 1.73. The number of halogens is 3. The second kappa shape index (κ2) is 11.3. The molecule has 0 heterocycles. The maximum atomic E-state index is 12.7. The molecule has 0 N–H and O–H groups in total.